The maximum Gasteiger partial charge on any atom is 0.222 e. The lowest BCUT2D eigenvalue weighted by atomic mass is 10.1. The van der Waals surface area contributed by atoms with Gasteiger partial charge in [0.05, 0.1) is 0 Å². The van der Waals surface area contributed by atoms with Gasteiger partial charge in [0.2, 0.25) is 5.95 Å². The number of hydrogen-bond donors (Lipinski definition) is 3. The van der Waals surface area contributed by atoms with Crippen LogP contribution in [0.5, 0.6) is 0 Å². The van der Waals surface area contributed by atoms with Crippen LogP contribution in [-0.4, -0.2) is 25.7 Å². The van der Waals surface area contributed by atoms with Gasteiger partial charge in [0, 0.05) is 6.42 Å². The van der Waals surface area contributed by atoms with Gasteiger partial charge in [-0.2, -0.15) is 9.97 Å². The molecular formula is C9H12N6O. The number of Topliss-reactive ketones (excluding diaryl/α,β-unsaturated/α-hetero) is 1. The molecule has 0 fully saturated rings. The SMILES string of the molecule is CCCC(=O)c1nc(N)nc2nc(N)[nH]c12. The van der Waals surface area contributed by atoms with Crippen LogP contribution in [0, 0.1) is 0 Å². The number of nitrogens with one attached hydrogen (secondary N) is 1. The molecule has 0 aromatic carbocycles. The molecule has 2 aromatic heterocycles. The molecule has 0 radical (unpaired) electrons. The van der Waals surface area contributed by atoms with E-state index in [2.05, 4.69) is 19.9 Å². The number of anilines is 2. The van der Waals surface area contributed by atoms with Crippen LogP contribution in [0.3, 0.4) is 0 Å². The third-order valence-corrected chi connectivity index (χ3v) is 2.13. The number of ketones is 1. The third-order valence-electron chi connectivity index (χ3n) is 2.13. The van der Waals surface area contributed by atoms with Crippen molar-refractivity contribution in [1.29, 1.82) is 0 Å². The van der Waals surface area contributed by atoms with E-state index in [1.54, 1.807) is 0 Å². The smallest absolute Gasteiger partial charge is 0.222 e. The summed E-state index contributed by atoms with van der Waals surface area (Å²) in [6.45, 7) is 1.92. The van der Waals surface area contributed by atoms with Gasteiger partial charge in [-0.1, -0.05) is 6.92 Å². The zero-order valence-electron chi connectivity index (χ0n) is 8.82. The van der Waals surface area contributed by atoms with Crippen molar-refractivity contribution in [2.75, 3.05) is 11.5 Å². The highest BCUT2D eigenvalue weighted by Gasteiger charge is 2.16. The standard InChI is InChI=1S/C9H12N6O/c1-2-3-4(16)5-6-7(14-8(10)12-5)15-9(11)13-6/h2-3H2,1H3,(H5,10,11,12,13,14,15). The van der Waals surface area contributed by atoms with Crippen molar-refractivity contribution < 1.29 is 4.79 Å². The second-order valence-corrected chi connectivity index (χ2v) is 3.42. The average Bonchev–Trinajstić information content (AvgIpc) is 2.57. The Morgan fingerprint density at radius 2 is 2.06 bits per heavy atom. The number of fused-ring (bicyclic) bond motifs is 1. The van der Waals surface area contributed by atoms with E-state index in [4.69, 9.17) is 11.5 Å². The molecule has 2 rings (SSSR count). The second-order valence-electron chi connectivity index (χ2n) is 3.42. The first-order valence-electron chi connectivity index (χ1n) is 4.93. The minimum atomic E-state index is -0.0924. The molecule has 0 aliphatic carbocycles. The zero-order valence-corrected chi connectivity index (χ0v) is 8.82. The number of nitrogens with zero attached hydrogens (tertiary/aromatic N) is 3. The fourth-order valence-corrected chi connectivity index (χ4v) is 1.48. The highest BCUT2D eigenvalue weighted by Crippen LogP contribution is 2.17. The Morgan fingerprint density at radius 1 is 1.31 bits per heavy atom. The minimum absolute atomic E-state index is 0.0263. The van der Waals surface area contributed by atoms with Crippen molar-refractivity contribution in [3.8, 4) is 0 Å². The quantitative estimate of drug-likeness (QED) is 0.647. The number of imidazole rings is 1. The van der Waals surface area contributed by atoms with Gasteiger partial charge in [-0.25, -0.2) is 4.98 Å². The molecule has 7 heteroatoms. The van der Waals surface area contributed by atoms with E-state index in [-0.39, 0.29) is 23.4 Å². The average molecular weight is 220 g/mol. The van der Waals surface area contributed by atoms with Crippen LogP contribution in [-0.2, 0) is 0 Å². The van der Waals surface area contributed by atoms with Gasteiger partial charge >= 0.3 is 0 Å². The summed E-state index contributed by atoms with van der Waals surface area (Å²) in [4.78, 5) is 26.3. The molecule has 5 N–H and O–H groups in total. The molecular weight excluding hydrogens is 208 g/mol. The summed E-state index contributed by atoms with van der Waals surface area (Å²) in [5, 5.41) is 0. The predicted molar refractivity (Wildman–Crippen MR) is 59.7 cm³/mol. The number of nitrogen functional groups attached to an aromatic ring is 2. The lowest BCUT2D eigenvalue weighted by Crippen LogP contribution is -2.07. The summed E-state index contributed by atoms with van der Waals surface area (Å²) in [6, 6.07) is 0. The molecule has 7 nitrogen and oxygen atoms in total. The van der Waals surface area contributed by atoms with E-state index in [1.165, 1.54) is 0 Å². The van der Waals surface area contributed by atoms with Crippen LogP contribution in [0.4, 0.5) is 11.9 Å². The Kier molecular flexibility index (Phi) is 2.43. The number of aromatic nitrogens is 4. The molecule has 84 valence electrons. The van der Waals surface area contributed by atoms with Crippen molar-refractivity contribution in [3.63, 3.8) is 0 Å². The van der Waals surface area contributed by atoms with Crippen LogP contribution in [0.15, 0.2) is 0 Å². The molecule has 0 bridgehead atoms. The number of rotatable bonds is 3. The van der Waals surface area contributed by atoms with Crippen LogP contribution < -0.4 is 11.5 Å². The number of aromatic amines is 1. The number of carbonyl (C=O) groups is 1. The van der Waals surface area contributed by atoms with Gasteiger partial charge in [-0.05, 0) is 6.42 Å². The van der Waals surface area contributed by atoms with Crippen molar-refractivity contribution in [1.82, 2.24) is 19.9 Å². The van der Waals surface area contributed by atoms with Crippen molar-refractivity contribution in [2.45, 2.75) is 19.8 Å². The Balaban J connectivity index is 2.62. The molecule has 16 heavy (non-hydrogen) atoms. The maximum atomic E-state index is 11.8. The summed E-state index contributed by atoms with van der Waals surface area (Å²) in [7, 11) is 0. The van der Waals surface area contributed by atoms with E-state index in [1.807, 2.05) is 6.92 Å². The lowest BCUT2D eigenvalue weighted by molar-refractivity contribution is 0.0978. The van der Waals surface area contributed by atoms with Gasteiger partial charge in [-0.15, -0.1) is 0 Å². The fraction of sp³-hybridized carbons (Fsp3) is 0.333. The van der Waals surface area contributed by atoms with E-state index < -0.39 is 0 Å². The molecule has 0 amide bonds. The molecule has 0 saturated heterocycles. The van der Waals surface area contributed by atoms with Crippen LogP contribution >= 0.6 is 0 Å². The van der Waals surface area contributed by atoms with Gasteiger partial charge in [0.1, 0.15) is 11.2 Å². The Morgan fingerprint density at radius 3 is 2.75 bits per heavy atom. The predicted octanol–water partition coefficient (Wildman–Crippen LogP) is 0.500. The Bertz CT molecular complexity index is 546. The summed E-state index contributed by atoms with van der Waals surface area (Å²) >= 11 is 0. The molecule has 0 atom stereocenters. The highest BCUT2D eigenvalue weighted by molar-refractivity contribution is 6.04. The highest BCUT2D eigenvalue weighted by atomic mass is 16.1. The van der Waals surface area contributed by atoms with Gasteiger partial charge < -0.3 is 16.5 Å². The zero-order chi connectivity index (χ0) is 11.7. The van der Waals surface area contributed by atoms with Crippen molar-refractivity contribution in [3.05, 3.63) is 5.69 Å². The summed E-state index contributed by atoms with van der Waals surface area (Å²) < 4.78 is 0. The molecule has 0 spiro atoms. The summed E-state index contributed by atoms with van der Waals surface area (Å²) in [5.41, 5.74) is 12.0. The normalized spacial score (nSPS) is 10.8. The minimum Gasteiger partial charge on any atom is -0.369 e. The first-order valence-corrected chi connectivity index (χ1v) is 4.93. The Labute approximate surface area is 91.3 Å². The van der Waals surface area contributed by atoms with Crippen molar-refractivity contribution >= 4 is 28.8 Å². The number of carbonyl (C=O) groups excluding carboxylic acids is 1. The molecule has 0 unspecified atom stereocenters. The van der Waals surface area contributed by atoms with Gasteiger partial charge in [0.25, 0.3) is 0 Å². The monoisotopic (exact) mass is 220 g/mol. The molecule has 0 saturated carbocycles. The topological polar surface area (TPSA) is 124 Å². The van der Waals surface area contributed by atoms with Crippen LogP contribution in [0.25, 0.3) is 11.2 Å². The lowest BCUT2D eigenvalue weighted by Gasteiger charge is -2.00. The first kappa shape index (κ1) is 10.3. The Hall–Kier alpha value is -2.18. The summed E-state index contributed by atoms with van der Waals surface area (Å²) in [5.74, 6) is 0.129. The van der Waals surface area contributed by atoms with Gasteiger partial charge in [-0.3, -0.25) is 4.79 Å². The van der Waals surface area contributed by atoms with E-state index in [0.29, 0.717) is 17.6 Å². The second kappa shape index (κ2) is 3.76. The largest absolute Gasteiger partial charge is 0.369 e. The fourth-order valence-electron chi connectivity index (χ4n) is 1.48. The van der Waals surface area contributed by atoms with Gasteiger partial charge in [0.15, 0.2) is 17.4 Å². The number of H-pyrrole nitrogens is 1. The number of hydrogen-bond acceptors (Lipinski definition) is 6. The van der Waals surface area contributed by atoms with E-state index >= 15 is 0 Å². The molecule has 2 heterocycles. The molecule has 0 aliphatic rings. The molecule has 0 aliphatic heterocycles. The van der Waals surface area contributed by atoms with E-state index in [9.17, 15) is 4.79 Å². The maximum absolute atomic E-state index is 11.8. The van der Waals surface area contributed by atoms with Crippen LogP contribution in [0.2, 0.25) is 0 Å². The van der Waals surface area contributed by atoms with Crippen molar-refractivity contribution in [2.24, 2.45) is 0 Å². The van der Waals surface area contributed by atoms with Crippen LogP contribution in [0.1, 0.15) is 30.3 Å². The number of nitrogens with two attached hydrogens (primary N) is 2. The summed E-state index contributed by atoms with van der Waals surface area (Å²) in [6.07, 6.45) is 1.15. The first-order chi connectivity index (χ1) is 7.61. The third kappa shape index (κ3) is 1.67. The van der Waals surface area contributed by atoms with E-state index in [0.717, 1.165) is 6.42 Å². The molecule has 2 aromatic rings.